The minimum absolute atomic E-state index is 0.0702. The number of amides is 1. The Morgan fingerprint density at radius 3 is 2.53 bits per heavy atom. The summed E-state index contributed by atoms with van der Waals surface area (Å²) in [5.41, 5.74) is 0.179. The largest absolute Gasteiger partial charge is 0.497 e. The zero-order chi connectivity index (χ0) is 13.8. The van der Waals surface area contributed by atoms with Crippen LogP contribution in [0.3, 0.4) is 0 Å². The molecule has 1 N–H and O–H groups in total. The highest BCUT2D eigenvalue weighted by molar-refractivity contribution is 7.80. The fourth-order valence-corrected chi connectivity index (χ4v) is 2.30. The van der Waals surface area contributed by atoms with Crippen molar-refractivity contribution >= 4 is 34.8 Å². The highest BCUT2D eigenvalue weighted by Gasteiger charge is 2.10. The number of nitrogens with zero attached hydrogens (tertiary/aromatic N) is 1. The highest BCUT2D eigenvalue weighted by atomic mass is 32.1. The van der Waals surface area contributed by atoms with E-state index >= 15 is 0 Å². The van der Waals surface area contributed by atoms with E-state index in [1.54, 1.807) is 36.8 Å². The molecule has 1 amide bonds. The van der Waals surface area contributed by atoms with Crippen LogP contribution in [0.5, 0.6) is 5.75 Å². The van der Waals surface area contributed by atoms with Crippen molar-refractivity contribution in [2.75, 3.05) is 7.11 Å². The molecule has 0 saturated heterocycles. The number of thiocarbonyl (C=S) groups is 1. The molecule has 0 saturated carbocycles. The monoisotopic (exact) mass is 294 g/mol. The zero-order valence-electron chi connectivity index (χ0n) is 9.95. The van der Waals surface area contributed by atoms with E-state index in [-0.39, 0.29) is 16.6 Å². The Morgan fingerprint density at radius 1 is 1.32 bits per heavy atom. The quantitative estimate of drug-likeness (QED) is 0.852. The number of aromatic nitrogens is 1. The number of methoxy groups -OCH3 is 1. The van der Waals surface area contributed by atoms with E-state index < -0.39 is 0 Å². The van der Waals surface area contributed by atoms with Gasteiger partial charge in [0.05, 0.1) is 7.11 Å². The predicted octanol–water partition coefficient (Wildman–Crippen LogP) is 1.48. The van der Waals surface area contributed by atoms with E-state index in [1.807, 2.05) is 0 Å². The molecule has 0 aliphatic carbocycles. The third-order valence-corrected chi connectivity index (χ3v) is 3.57. The number of rotatable bonds is 2. The number of hydrogen-bond acceptors (Lipinski definition) is 5. The first kappa shape index (κ1) is 13.4. The summed E-state index contributed by atoms with van der Waals surface area (Å²) in [6.45, 7) is 0. The van der Waals surface area contributed by atoms with E-state index in [1.165, 1.54) is 10.0 Å². The maximum Gasteiger partial charge on any atom is 0.267 e. The minimum Gasteiger partial charge on any atom is -0.497 e. The summed E-state index contributed by atoms with van der Waals surface area (Å²) in [6, 6.07) is 7.98. The molecule has 98 valence electrons. The molecule has 2 aromatic rings. The van der Waals surface area contributed by atoms with Gasteiger partial charge in [-0.15, -0.1) is 0 Å². The minimum atomic E-state index is -0.368. The molecule has 0 radical (unpaired) electrons. The van der Waals surface area contributed by atoms with Crippen molar-refractivity contribution in [1.82, 2.24) is 9.27 Å². The van der Waals surface area contributed by atoms with Crippen LogP contribution in [0.15, 0.2) is 40.5 Å². The third-order valence-electron chi connectivity index (χ3n) is 2.33. The molecule has 19 heavy (non-hydrogen) atoms. The lowest BCUT2D eigenvalue weighted by atomic mass is 10.2. The maximum absolute atomic E-state index is 11.9. The Balaban J connectivity index is 2.10. The number of hydrogen-bond donors (Lipinski definition) is 1. The Labute approximate surface area is 118 Å². The SMILES string of the molecule is COc1ccc(C(=O)NC(=S)n2sccc2=O)cc1. The predicted molar refractivity (Wildman–Crippen MR) is 77.0 cm³/mol. The van der Waals surface area contributed by atoms with Crippen molar-refractivity contribution in [3.8, 4) is 5.75 Å². The number of benzene rings is 1. The summed E-state index contributed by atoms with van der Waals surface area (Å²) in [4.78, 5) is 23.3. The first-order valence-corrected chi connectivity index (χ1v) is 6.53. The van der Waals surface area contributed by atoms with Gasteiger partial charge in [0.25, 0.3) is 11.5 Å². The van der Waals surface area contributed by atoms with Gasteiger partial charge in [-0.1, -0.05) is 11.5 Å². The molecular weight excluding hydrogens is 284 g/mol. The maximum atomic E-state index is 11.9. The Morgan fingerprint density at radius 2 is 2.00 bits per heavy atom. The van der Waals surface area contributed by atoms with E-state index in [4.69, 9.17) is 17.0 Å². The molecule has 1 aromatic heterocycles. The van der Waals surface area contributed by atoms with Gasteiger partial charge >= 0.3 is 0 Å². The fourth-order valence-electron chi connectivity index (χ4n) is 1.38. The first-order valence-electron chi connectivity index (χ1n) is 5.28. The van der Waals surface area contributed by atoms with Crippen LogP contribution >= 0.6 is 23.8 Å². The van der Waals surface area contributed by atoms with Crippen molar-refractivity contribution in [2.24, 2.45) is 0 Å². The lowest BCUT2D eigenvalue weighted by molar-refractivity contribution is 0.0977. The average Bonchev–Trinajstić information content (AvgIpc) is 2.85. The molecule has 0 unspecified atom stereocenters. The second kappa shape index (κ2) is 5.77. The van der Waals surface area contributed by atoms with Crippen LogP contribution in [-0.2, 0) is 0 Å². The Kier molecular flexibility index (Phi) is 4.08. The van der Waals surface area contributed by atoms with Crippen molar-refractivity contribution in [1.29, 1.82) is 0 Å². The molecule has 0 atom stereocenters. The Bertz CT molecular complexity index is 658. The zero-order valence-corrected chi connectivity index (χ0v) is 11.6. The van der Waals surface area contributed by atoms with Crippen LogP contribution in [-0.4, -0.2) is 22.1 Å². The summed E-state index contributed by atoms with van der Waals surface area (Å²) in [5, 5.41) is 4.18. The lowest BCUT2D eigenvalue weighted by Crippen LogP contribution is -2.36. The van der Waals surface area contributed by atoms with Crippen LogP contribution in [0.2, 0.25) is 0 Å². The topological polar surface area (TPSA) is 60.3 Å². The van der Waals surface area contributed by atoms with Gasteiger partial charge in [0.1, 0.15) is 5.75 Å². The third kappa shape index (κ3) is 3.07. The van der Waals surface area contributed by atoms with Crippen LogP contribution in [0.4, 0.5) is 0 Å². The molecule has 0 aliphatic rings. The van der Waals surface area contributed by atoms with Crippen LogP contribution in [0, 0.1) is 0 Å². The van der Waals surface area contributed by atoms with Gasteiger partial charge in [-0.05, 0) is 36.5 Å². The fraction of sp³-hybridized carbons (Fsp3) is 0.0833. The summed E-state index contributed by atoms with van der Waals surface area (Å²) in [7, 11) is 1.55. The molecule has 7 heteroatoms. The van der Waals surface area contributed by atoms with E-state index in [0.717, 1.165) is 11.5 Å². The molecule has 0 aliphatic heterocycles. The molecule has 0 bridgehead atoms. The van der Waals surface area contributed by atoms with E-state index in [0.29, 0.717) is 11.3 Å². The number of ether oxygens (including phenoxy) is 1. The molecule has 0 fully saturated rings. The molecule has 1 heterocycles. The average molecular weight is 294 g/mol. The van der Waals surface area contributed by atoms with Crippen molar-refractivity contribution in [3.05, 3.63) is 51.6 Å². The first-order chi connectivity index (χ1) is 9.11. The summed E-state index contributed by atoms with van der Waals surface area (Å²) < 4.78 is 6.24. The van der Waals surface area contributed by atoms with Crippen LogP contribution in [0.1, 0.15) is 10.4 Å². The normalized spacial score (nSPS) is 9.95. The smallest absolute Gasteiger partial charge is 0.267 e. The van der Waals surface area contributed by atoms with Gasteiger partial charge in [0.15, 0.2) is 5.11 Å². The standard InChI is InChI=1S/C12H10N2O3S2/c1-17-9-4-2-8(3-5-9)11(16)13-12(18)14-10(15)6-7-19-14/h2-7H,1H3,(H,13,16,18). The molecular formula is C12H10N2O3S2. The highest BCUT2D eigenvalue weighted by Crippen LogP contribution is 2.11. The van der Waals surface area contributed by atoms with Gasteiger partial charge in [-0.3, -0.25) is 14.9 Å². The summed E-state index contributed by atoms with van der Waals surface area (Å²) in [5.74, 6) is 0.293. The molecule has 1 aromatic carbocycles. The van der Waals surface area contributed by atoms with E-state index in [2.05, 4.69) is 5.32 Å². The van der Waals surface area contributed by atoms with Crippen LogP contribution in [0.25, 0.3) is 0 Å². The number of carbonyl (C=O) groups excluding carboxylic acids is 1. The van der Waals surface area contributed by atoms with Gasteiger partial charge < -0.3 is 4.74 Å². The molecule has 2 rings (SSSR count). The Hall–Kier alpha value is -1.99. The summed E-state index contributed by atoms with van der Waals surface area (Å²) >= 11 is 6.13. The number of nitrogens with one attached hydrogen (secondary N) is 1. The van der Waals surface area contributed by atoms with Gasteiger partial charge in [-0.2, -0.15) is 0 Å². The molecule has 5 nitrogen and oxygen atoms in total. The van der Waals surface area contributed by atoms with Gasteiger partial charge in [-0.25, -0.2) is 3.96 Å². The number of carbonyl (C=O) groups is 1. The van der Waals surface area contributed by atoms with E-state index in [9.17, 15) is 9.59 Å². The lowest BCUT2D eigenvalue weighted by Gasteiger charge is -2.06. The second-order valence-corrected chi connectivity index (χ2v) is 4.76. The summed E-state index contributed by atoms with van der Waals surface area (Å²) in [6.07, 6.45) is 0. The van der Waals surface area contributed by atoms with Crippen molar-refractivity contribution in [3.63, 3.8) is 0 Å². The van der Waals surface area contributed by atoms with Crippen LogP contribution < -0.4 is 15.6 Å². The second-order valence-electron chi connectivity index (χ2n) is 3.53. The van der Waals surface area contributed by atoms with Gasteiger partial charge in [0.2, 0.25) is 0 Å². The van der Waals surface area contributed by atoms with Crippen molar-refractivity contribution in [2.45, 2.75) is 0 Å². The van der Waals surface area contributed by atoms with Gasteiger partial charge in [0, 0.05) is 17.0 Å². The molecule has 0 spiro atoms. The van der Waals surface area contributed by atoms with Crippen molar-refractivity contribution < 1.29 is 9.53 Å².